The number of fused-ring (bicyclic) bond motifs is 2. The molecule has 2 bridgehead atoms. The lowest BCUT2D eigenvalue weighted by Crippen LogP contribution is -2.38. The molecule has 0 amide bonds. The van der Waals surface area contributed by atoms with Gasteiger partial charge in [0.05, 0.1) is 11.6 Å². The first kappa shape index (κ1) is 18.8. The van der Waals surface area contributed by atoms with Crippen LogP contribution in [0.3, 0.4) is 0 Å². The number of pyridine rings is 1. The van der Waals surface area contributed by atoms with Gasteiger partial charge in [-0.25, -0.2) is 9.97 Å². The standard InChI is InChI=1S/C17H14F6N4O/c18-16(19,20)9-6-11(17(21,22)23)25-12(7-9)27-10-2-1-8(5-10)14(27)15-24-4-3-13(28)26-15/h3-4,6-8,10,14H,1-2,5H2,(H,24,26,28)/t8-,10+,14-/m0/s1. The van der Waals surface area contributed by atoms with Crippen molar-refractivity contribution in [1.29, 1.82) is 0 Å². The summed E-state index contributed by atoms with van der Waals surface area (Å²) in [4.78, 5) is 23.2. The van der Waals surface area contributed by atoms with E-state index in [1.807, 2.05) is 0 Å². The first-order chi connectivity index (χ1) is 13.0. The van der Waals surface area contributed by atoms with Crippen LogP contribution in [0.4, 0.5) is 32.2 Å². The van der Waals surface area contributed by atoms with Gasteiger partial charge in [0.25, 0.3) is 5.56 Å². The average Bonchev–Trinajstić information content (AvgIpc) is 3.21. The monoisotopic (exact) mass is 404 g/mol. The van der Waals surface area contributed by atoms with Gasteiger partial charge in [-0.1, -0.05) is 0 Å². The highest BCUT2D eigenvalue weighted by Gasteiger charge is 2.49. The molecule has 0 spiro atoms. The van der Waals surface area contributed by atoms with Crippen molar-refractivity contribution in [2.45, 2.75) is 43.7 Å². The topological polar surface area (TPSA) is 61.9 Å². The third kappa shape index (κ3) is 3.22. The summed E-state index contributed by atoms with van der Waals surface area (Å²) in [5.41, 5.74) is -3.46. The Bertz CT molecular complexity index is 921. The molecule has 1 aliphatic heterocycles. The van der Waals surface area contributed by atoms with Crippen molar-refractivity contribution in [3.05, 3.63) is 51.8 Å². The summed E-state index contributed by atoms with van der Waals surface area (Å²) in [6, 6.07) is 0.924. The summed E-state index contributed by atoms with van der Waals surface area (Å²) in [5, 5.41) is 0. The number of hydrogen-bond acceptors (Lipinski definition) is 4. The second kappa shape index (κ2) is 6.21. The number of nitrogens with one attached hydrogen (secondary N) is 1. The Kier molecular flexibility index (Phi) is 4.16. The first-order valence-electron chi connectivity index (χ1n) is 8.54. The molecule has 28 heavy (non-hydrogen) atoms. The molecule has 3 heterocycles. The zero-order valence-corrected chi connectivity index (χ0v) is 14.2. The zero-order valence-electron chi connectivity index (χ0n) is 14.2. The van der Waals surface area contributed by atoms with Crippen LogP contribution in [-0.2, 0) is 12.4 Å². The van der Waals surface area contributed by atoms with Gasteiger partial charge in [-0.15, -0.1) is 0 Å². The Morgan fingerprint density at radius 3 is 2.46 bits per heavy atom. The van der Waals surface area contributed by atoms with Crippen LogP contribution >= 0.6 is 0 Å². The molecule has 1 N–H and O–H groups in total. The second-order valence-corrected chi connectivity index (χ2v) is 6.99. The highest BCUT2D eigenvalue weighted by atomic mass is 19.4. The summed E-state index contributed by atoms with van der Waals surface area (Å²) in [6.07, 6.45) is -6.76. The molecule has 1 saturated heterocycles. The van der Waals surface area contributed by atoms with Gasteiger partial charge in [-0.3, -0.25) is 4.79 Å². The fourth-order valence-electron chi connectivity index (χ4n) is 4.16. The molecule has 1 aliphatic carbocycles. The molecule has 4 rings (SSSR count). The molecule has 2 aliphatic rings. The minimum absolute atomic E-state index is 0.00940. The maximum Gasteiger partial charge on any atom is 0.433 e. The predicted molar refractivity (Wildman–Crippen MR) is 85.4 cm³/mol. The van der Waals surface area contributed by atoms with Gasteiger partial charge in [0.1, 0.15) is 17.3 Å². The summed E-state index contributed by atoms with van der Waals surface area (Å²) in [7, 11) is 0. The highest BCUT2D eigenvalue weighted by Crippen LogP contribution is 2.51. The highest BCUT2D eigenvalue weighted by molar-refractivity contribution is 5.49. The van der Waals surface area contributed by atoms with Crippen LogP contribution in [0, 0.1) is 5.92 Å². The van der Waals surface area contributed by atoms with Gasteiger partial charge in [-0.2, -0.15) is 26.3 Å². The van der Waals surface area contributed by atoms with Gasteiger partial charge in [-0.05, 0) is 37.3 Å². The molecule has 0 radical (unpaired) electrons. The molecule has 5 nitrogen and oxygen atoms in total. The van der Waals surface area contributed by atoms with Gasteiger partial charge < -0.3 is 9.88 Å². The van der Waals surface area contributed by atoms with E-state index in [1.54, 1.807) is 0 Å². The van der Waals surface area contributed by atoms with E-state index in [0.717, 1.165) is 6.42 Å². The van der Waals surface area contributed by atoms with E-state index in [-0.39, 0.29) is 23.9 Å². The van der Waals surface area contributed by atoms with E-state index in [0.29, 0.717) is 18.9 Å². The Labute approximate surface area is 154 Å². The van der Waals surface area contributed by atoms with E-state index < -0.39 is 41.0 Å². The van der Waals surface area contributed by atoms with Crippen molar-refractivity contribution in [3.63, 3.8) is 0 Å². The van der Waals surface area contributed by atoms with Crippen molar-refractivity contribution in [2.75, 3.05) is 4.90 Å². The molecule has 150 valence electrons. The van der Waals surface area contributed by atoms with Crippen molar-refractivity contribution in [1.82, 2.24) is 15.0 Å². The molecule has 11 heteroatoms. The average molecular weight is 404 g/mol. The quantitative estimate of drug-likeness (QED) is 0.771. The normalized spacial score (nSPS) is 24.8. The van der Waals surface area contributed by atoms with E-state index in [1.165, 1.54) is 17.2 Å². The summed E-state index contributed by atoms with van der Waals surface area (Å²) in [6.45, 7) is 0. The number of H-pyrrole nitrogens is 1. The lowest BCUT2D eigenvalue weighted by atomic mass is 9.97. The lowest BCUT2D eigenvalue weighted by Gasteiger charge is -2.36. The van der Waals surface area contributed by atoms with Crippen LogP contribution in [0.15, 0.2) is 29.2 Å². The van der Waals surface area contributed by atoms with Crippen LogP contribution in [0.5, 0.6) is 0 Å². The van der Waals surface area contributed by atoms with Crippen molar-refractivity contribution in [3.8, 4) is 0 Å². The summed E-state index contributed by atoms with van der Waals surface area (Å²) in [5.74, 6) is -0.237. The lowest BCUT2D eigenvalue weighted by molar-refractivity contribution is -0.145. The SMILES string of the molecule is O=c1ccnc([C@@H]2[C@H]3CC[C@H](C3)N2c2cc(C(F)(F)F)cc(C(F)(F)F)n2)[nH]1. The molecular weight excluding hydrogens is 390 g/mol. The molecule has 0 unspecified atom stereocenters. The number of aromatic amines is 1. The maximum atomic E-state index is 13.2. The number of halogens is 6. The Morgan fingerprint density at radius 1 is 1.07 bits per heavy atom. The molecule has 1 saturated carbocycles. The number of piperidine rings is 1. The minimum atomic E-state index is -5.02. The van der Waals surface area contributed by atoms with Gasteiger partial charge in [0.15, 0.2) is 0 Å². The molecular formula is C17H14F6N4O. The van der Waals surface area contributed by atoms with Gasteiger partial charge in [0, 0.05) is 18.3 Å². The fraction of sp³-hybridized carbons (Fsp3) is 0.471. The third-order valence-electron chi connectivity index (χ3n) is 5.25. The van der Waals surface area contributed by atoms with E-state index >= 15 is 0 Å². The Morgan fingerprint density at radius 2 is 1.82 bits per heavy atom. The molecule has 2 fully saturated rings. The van der Waals surface area contributed by atoms with Gasteiger partial charge >= 0.3 is 12.4 Å². The fourth-order valence-corrected chi connectivity index (χ4v) is 4.16. The van der Waals surface area contributed by atoms with Gasteiger partial charge in [0.2, 0.25) is 0 Å². The number of alkyl halides is 6. The molecule has 3 atom stereocenters. The third-order valence-corrected chi connectivity index (χ3v) is 5.25. The number of rotatable bonds is 2. The number of aromatic nitrogens is 3. The van der Waals surface area contributed by atoms with Crippen LogP contribution in [0.1, 0.15) is 42.4 Å². The van der Waals surface area contributed by atoms with E-state index in [2.05, 4.69) is 15.0 Å². The molecule has 0 aromatic carbocycles. The second-order valence-electron chi connectivity index (χ2n) is 6.99. The van der Waals surface area contributed by atoms with Crippen molar-refractivity contribution >= 4 is 5.82 Å². The summed E-state index contributed by atoms with van der Waals surface area (Å²) < 4.78 is 79.2. The Hall–Kier alpha value is -2.59. The zero-order chi connectivity index (χ0) is 20.3. The van der Waals surface area contributed by atoms with Crippen LogP contribution in [-0.4, -0.2) is 21.0 Å². The van der Waals surface area contributed by atoms with Crippen molar-refractivity contribution < 1.29 is 26.3 Å². The Balaban J connectivity index is 1.85. The van der Waals surface area contributed by atoms with Crippen molar-refractivity contribution in [2.24, 2.45) is 5.92 Å². The minimum Gasteiger partial charge on any atom is -0.343 e. The number of hydrogen-bond donors (Lipinski definition) is 1. The molecule has 2 aromatic heterocycles. The predicted octanol–water partition coefficient (Wildman–Crippen LogP) is 3.93. The smallest absolute Gasteiger partial charge is 0.343 e. The van der Waals surface area contributed by atoms with E-state index in [4.69, 9.17) is 0 Å². The first-order valence-corrected chi connectivity index (χ1v) is 8.54. The molecule has 2 aromatic rings. The van der Waals surface area contributed by atoms with Crippen LogP contribution in [0.2, 0.25) is 0 Å². The number of nitrogens with zero attached hydrogens (tertiary/aromatic N) is 3. The summed E-state index contributed by atoms with van der Waals surface area (Å²) >= 11 is 0. The van der Waals surface area contributed by atoms with Crippen LogP contribution in [0.25, 0.3) is 0 Å². The maximum absolute atomic E-state index is 13.2. The largest absolute Gasteiger partial charge is 0.433 e. The number of anilines is 1. The van der Waals surface area contributed by atoms with Crippen LogP contribution < -0.4 is 10.5 Å². The van der Waals surface area contributed by atoms with E-state index in [9.17, 15) is 31.1 Å².